The van der Waals surface area contributed by atoms with Gasteiger partial charge in [0.2, 0.25) is 0 Å². The van der Waals surface area contributed by atoms with E-state index in [1.807, 2.05) is 19.1 Å². The molecule has 4 rings (SSSR count). The minimum atomic E-state index is -1.21. The third kappa shape index (κ3) is 3.57. The Morgan fingerprint density at radius 1 is 0.964 bits per heavy atom. The minimum absolute atomic E-state index is 0.105. The standard InChI is InChI=1S/C25H23FO2/c1-3-21-16-25(21,26)22-12-14-23(15-13-22)28-24(27)20-10-8-19(9-11-20)18-6-4-17(2)5-7-18/h4-15,21H,3,16H2,1-2H3/t21?,25-/m1/s1. The molecule has 142 valence electrons. The van der Waals surface area contributed by atoms with Gasteiger partial charge >= 0.3 is 5.97 Å². The zero-order valence-corrected chi connectivity index (χ0v) is 16.1. The zero-order valence-electron chi connectivity index (χ0n) is 16.1. The van der Waals surface area contributed by atoms with Crippen LogP contribution in [0, 0.1) is 12.8 Å². The van der Waals surface area contributed by atoms with Crippen LogP contribution in [0.4, 0.5) is 4.39 Å². The van der Waals surface area contributed by atoms with E-state index in [0.29, 0.717) is 23.3 Å². The molecule has 0 bridgehead atoms. The van der Waals surface area contributed by atoms with E-state index in [1.165, 1.54) is 5.56 Å². The van der Waals surface area contributed by atoms with Crippen LogP contribution in [0.2, 0.25) is 0 Å². The predicted octanol–water partition coefficient (Wildman–Crippen LogP) is 6.48. The Labute approximate surface area is 165 Å². The fourth-order valence-corrected chi connectivity index (χ4v) is 3.63. The van der Waals surface area contributed by atoms with Crippen molar-refractivity contribution in [2.45, 2.75) is 32.4 Å². The Kier molecular flexibility index (Phi) is 4.76. The lowest BCUT2D eigenvalue weighted by atomic mass is 10.0. The van der Waals surface area contributed by atoms with E-state index in [9.17, 15) is 9.18 Å². The summed E-state index contributed by atoms with van der Waals surface area (Å²) in [5, 5.41) is 0. The van der Waals surface area contributed by atoms with Gasteiger partial charge in [-0.1, -0.05) is 61.0 Å². The number of hydrogen-bond donors (Lipinski definition) is 0. The molecule has 1 fully saturated rings. The summed E-state index contributed by atoms with van der Waals surface area (Å²) < 4.78 is 20.1. The van der Waals surface area contributed by atoms with E-state index in [0.717, 1.165) is 17.5 Å². The SMILES string of the molecule is CCC1C[C@]1(F)c1ccc(OC(=O)c2ccc(-c3ccc(C)cc3)cc2)cc1. The summed E-state index contributed by atoms with van der Waals surface area (Å²) in [7, 11) is 0. The van der Waals surface area contributed by atoms with Crippen LogP contribution in [0.25, 0.3) is 11.1 Å². The monoisotopic (exact) mass is 374 g/mol. The molecule has 0 aromatic heterocycles. The van der Waals surface area contributed by atoms with Crippen LogP contribution in [-0.4, -0.2) is 5.97 Å². The number of ether oxygens (including phenoxy) is 1. The second kappa shape index (κ2) is 7.23. The minimum Gasteiger partial charge on any atom is -0.423 e. The molecular weight excluding hydrogens is 351 g/mol. The van der Waals surface area contributed by atoms with Crippen LogP contribution in [0.15, 0.2) is 72.8 Å². The smallest absolute Gasteiger partial charge is 0.343 e. The van der Waals surface area contributed by atoms with Gasteiger partial charge in [-0.15, -0.1) is 0 Å². The highest BCUT2D eigenvalue weighted by Crippen LogP contribution is 2.57. The van der Waals surface area contributed by atoms with E-state index < -0.39 is 11.6 Å². The van der Waals surface area contributed by atoms with E-state index >= 15 is 0 Å². The predicted molar refractivity (Wildman–Crippen MR) is 109 cm³/mol. The number of aryl methyl sites for hydroxylation is 1. The van der Waals surface area contributed by atoms with Crippen molar-refractivity contribution in [3.8, 4) is 16.9 Å². The molecule has 3 aromatic rings. The van der Waals surface area contributed by atoms with Crippen LogP contribution in [-0.2, 0) is 5.67 Å². The summed E-state index contributed by atoms with van der Waals surface area (Å²) in [5.41, 5.74) is 3.30. The first-order valence-electron chi connectivity index (χ1n) is 9.68. The number of hydrogen-bond acceptors (Lipinski definition) is 2. The Bertz CT molecular complexity index is 975. The summed E-state index contributed by atoms with van der Waals surface area (Å²) in [6, 6.07) is 22.4. The van der Waals surface area contributed by atoms with Gasteiger partial charge in [-0.2, -0.15) is 0 Å². The molecule has 28 heavy (non-hydrogen) atoms. The van der Waals surface area contributed by atoms with Gasteiger partial charge in [0.15, 0.2) is 0 Å². The third-order valence-corrected chi connectivity index (χ3v) is 5.57. The van der Waals surface area contributed by atoms with Crippen molar-refractivity contribution in [2.75, 3.05) is 0 Å². The lowest BCUT2D eigenvalue weighted by Gasteiger charge is -2.10. The first-order chi connectivity index (χ1) is 13.5. The lowest BCUT2D eigenvalue weighted by Crippen LogP contribution is -2.09. The Hall–Kier alpha value is -2.94. The van der Waals surface area contributed by atoms with Gasteiger partial charge in [0.1, 0.15) is 11.4 Å². The molecule has 3 aromatic carbocycles. The van der Waals surface area contributed by atoms with Gasteiger partial charge in [-0.05, 0) is 60.7 Å². The normalized spacial score (nSPS) is 20.6. The molecule has 1 aliphatic carbocycles. The van der Waals surface area contributed by atoms with Gasteiger partial charge in [0.25, 0.3) is 0 Å². The number of carbonyl (C=O) groups excluding carboxylic acids is 1. The van der Waals surface area contributed by atoms with Crippen LogP contribution < -0.4 is 4.74 Å². The quantitative estimate of drug-likeness (QED) is 0.377. The Morgan fingerprint density at radius 2 is 1.54 bits per heavy atom. The maximum atomic E-state index is 14.6. The Morgan fingerprint density at radius 3 is 2.07 bits per heavy atom. The second-order valence-electron chi connectivity index (χ2n) is 7.53. The van der Waals surface area contributed by atoms with Crippen molar-refractivity contribution in [1.82, 2.24) is 0 Å². The molecule has 0 saturated heterocycles. The maximum absolute atomic E-state index is 14.6. The molecule has 0 spiro atoms. The summed E-state index contributed by atoms with van der Waals surface area (Å²) in [6.45, 7) is 4.06. The third-order valence-electron chi connectivity index (χ3n) is 5.57. The van der Waals surface area contributed by atoms with Crippen LogP contribution in [0.1, 0.15) is 41.3 Å². The number of benzene rings is 3. The average Bonchev–Trinajstić information content (AvgIpc) is 3.41. The van der Waals surface area contributed by atoms with E-state index in [2.05, 4.69) is 31.2 Å². The maximum Gasteiger partial charge on any atom is 0.343 e. The number of rotatable bonds is 5. The van der Waals surface area contributed by atoms with Crippen molar-refractivity contribution in [3.05, 3.63) is 89.5 Å². The molecular formula is C25H23FO2. The lowest BCUT2D eigenvalue weighted by molar-refractivity contribution is 0.0734. The largest absolute Gasteiger partial charge is 0.423 e. The van der Waals surface area contributed by atoms with Gasteiger partial charge < -0.3 is 4.74 Å². The summed E-state index contributed by atoms with van der Waals surface area (Å²) in [4.78, 5) is 12.4. The summed E-state index contributed by atoms with van der Waals surface area (Å²) in [6.07, 6.45) is 1.42. The highest BCUT2D eigenvalue weighted by Gasteiger charge is 2.55. The fourth-order valence-electron chi connectivity index (χ4n) is 3.63. The highest BCUT2D eigenvalue weighted by molar-refractivity contribution is 5.91. The molecule has 1 aliphatic rings. The van der Waals surface area contributed by atoms with Gasteiger partial charge in [-0.25, -0.2) is 9.18 Å². The number of alkyl halides is 1. The van der Waals surface area contributed by atoms with Crippen molar-refractivity contribution in [2.24, 2.45) is 5.92 Å². The topological polar surface area (TPSA) is 26.3 Å². The molecule has 0 N–H and O–H groups in total. The first kappa shape index (κ1) is 18.4. The van der Waals surface area contributed by atoms with E-state index in [1.54, 1.807) is 36.4 Å². The van der Waals surface area contributed by atoms with E-state index in [4.69, 9.17) is 4.74 Å². The molecule has 0 amide bonds. The second-order valence-corrected chi connectivity index (χ2v) is 7.53. The van der Waals surface area contributed by atoms with Gasteiger partial charge in [0.05, 0.1) is 5.56 Å². The number of carbonyl (C=O) groups is 1. The highest BCUT2D eigenvalue weighted by atomic mass is 19.1. The van der Waals surface area contributed by atoms with Gasteiger partial charge in [0, 0.05) is 5.92 Å². The molecule has 0 aliphatic heterocycles. The fraction of sp³-hybridized carbons (Fsp3) is 0.240. The zero-order chi connectivity index (χ0) is 19.7. The van der Waals surface area contributed by atoms with Crippen molar-refractivity contribution >= 4 is 5.97 Å². The molecule has 3 heteroatoms. The summed E-state index contributed by atoms with van der Waals surface area (Å²) >= 11 is 0. The Balaban J connectivity index is 1.43. The van der Waals surface area contributed by atoms with Gasteiger partial charge in [-0.3, -0.25) is 0 Å². The molecule has 2 nitrogen and oxygen atoms in total. The average molecular weight is 374 g/mol. The van der Waals surface area contributed by atoms with Crippen LogP contribution >= 0.6 is 0 Å². The first-order valence-corrected chi connectivity index (χ1v) is 9.68. The van der Waals surface area contributed by atoms with Crippen molar-refractivity contribution in [1.29, 1.82) is 0 Å². The molecule has 1 saturated carbocycles. The van der Waals surface area contributed by atoms with Crippen LogP contribution in [0.3, 0.4) is 0 Å². The van der Waals surface area contributed by atoms with Crippen molar-refractivity contribution in [3.63, 3.8) is 0 Å². The van der Waals surface area contributed by atoms with E-state index in [-0.39, 0.29) is 5.92 Å². The molecule has 1 unspecified atom stereocenters. The number of esters is 1. The summed E-state index contributed by atoms with van der Waals surface area (Å²) in [5.74, 6) is 0.109. The van der Waals surface area contributed by atoms with Crippen LogP contribution in [0.5, 0.6) is 5.75 Å². The molecule has 0 heterocycles. The number of halogens is 1. The van der Waals surface area contributed by atoms with Crippen molar-refractivity contribution < 1.29 is 13.9 Å². The molecule has 2 atom stereocenters. The molecule has 0 radical (unpaired) electrons.